The van der Waals surface area contributed by atoms with Crippen molar-refractivity contribution in [3.63, 3.8) is 0 Å². The number of carbonyl (C=O) groups excluding carboxylic acids is 2. The number of nitrogens with zero attached hydrogens (tertiary/aromatic N) is 2. The molecule has 1 aromatic carbocycles. The van der Waals surface area contributed by atoms with E-state index in [1.54, 1.807) is 12.0 Å². The summed E-state index contributed by atoms with van der Waals surface area (Å²) in [5, 5.41) is 0.770. The van der Waals surface area contributed by atoms with Crippen molar-refractivity contribution in [3.05, 3.63) is 40.9 Å². The predicted molar refractivity (Wildman–Crippen MR) is 116 cm³/mol. The van der Waals surface area contributed by atoms with Gasteiger partial charge in [0.2, 0.25) is 11.8 Å². The Kier molecular flexibility index (Phi) is 7.59. The fourth-order valence-corrected chi connectivity index (χ4v) is 4.74. The van der Waals surface area contributed by atoms with E-state index in [9.17, 15) is 9.59 Å². The van der Waals surface area contributed by atoms with E-state index in [4.69, 9.17) is 16.3 Å². The molecule has 6 heteroatoms. The first-order valence-electron chi connectivity index (χ1n) is 10.6. The second-order valence-corrected chi connectivity index (χ2v) is 8.34. The third-order valence-corrected chi connectivity index (χ3v) is 6.50. The lowest BCUT2D eigenvalue weighted by atomic mass is 9.83. The molecule has 0 bridgehead atoms. The van der Waals surface area contributed by atoms with Crippen LogP contribution in [0.3, 0.4) is 0 Å². The lowest BCUT2D eigenvalue weighted by Crippen LogP contribution is -2.50. The predicted octanol–water partition coefficient (Wildman–Crippen LogP) is 4.19. The van der Waals surface area contributed by atoms with Gasteiger partial charge in [0.25, 0.3) is 0 Å². The van der Waals surface area contributed by atoms with E-state index in [0.717, 1.165) is 16.3 Å². The van der Waals surface area contributed by atoms with Crippen LogP contribution in [0.25, 0.3) is 0 Å². The van der Waals surface area contributed by atoms with Gasteiger partial charge in [0.15, 0.2) is 0 Å². The van der Waals surface area contributed by atoms with E-state index in [1.807, 2.05) is 11.0 Å². The summed E-state index contributed by atoms with van der Waals surface area (Å²) in [4.78, 5) is 28.0. The number of methoxy groups -OCH3 is 1. The van der Waals surface area contributed by atoms with Gasteiger partial charge in [-0.3, -0.25) is 9.59 Å². The molecule has 0 radical (unpaired) electrons. The van der Waals surface area contributed by atoms with Crippen molar-refractivity contribution in [1.82, 2.24) is 9.80 Å². The lowest BCUT2D eigenvalue weighted by molar-refractivity contribution is -0.137. The van der Waals surface area contributed by atoms with Crippen LogP contribution in [0.2, 0.25) is 5.02 Å². The first kappa shape index (κ1) is 21.7. The van der Waals surface area contributed by atoms with E-state index >= 15 is 0 Å². The quantitative estimate of drug-likeness (QED) is 0.651. The molecular weight excluding hydrogens is 388 g/mol. The van der Waals surface area contributed by atoms with Crippen LogP contribution in [0.5, 0.6) is 5.75 Å². The second kappa shape index (κ2) is 10.1. The van der Waals surface area contributed by atoms with Crippen molar-refractivity contribution >= 4 is 23.4 Å². The van der Waals surface area contributed by atoms with E-state index in [1.165, 1.54) is 43.7 Å². The summed E-state index contributed by atoms with van der Waals surface area (Å²) in [5.74, 6) is 1.31. The molecule has 0 N–H and O–H groups in total. The molecule has 2 aliphatic rings. The highest BCUT2D eigenvalue weighted by atomic mass is 35.5. The number of piperazine rings is 1. The fourth-order valence-electron chi connectivity index (χ4n) is 4.44. The van der Waals surface area contributed by atoms with Gasteiger partial charge in [-0.1, -0.05) is 43.5 Å². The van der Waals surface area contributed by atoms with Gasteiger partial charge in [0.1, 0.15) is 5.75 Å². The van der Waals surface area contributed by atoms with Crippen LogP contribution in [-0.4, -0.2) is 54.9 Å². The van der Waals surface area contributed by atoms with Crippen molar-refractivity contribution in [3.8, 4) is 5.75 Å². The zero-order chi connectivity index (χ0) is 20.8. The molecule has 1 aromatic rings. The van der Waals surface area contributed by atoms with Crippen LogP contribution in [0.1, 0.15) is 55.6 Å². The maximum absolute atomic E-state index is 12.7. The molecule has 0 unspecified atom stereocenters. The molecule has 1 aliphatic heterocycles. The van der Waals surface area contributed by atoms with Gasteiger partial charge in [0, 0.05) is 37.6 Å². The largest absolute Gasteiger partial charge is 0.496 e. The Morgan fingerprint density at radius 1 is 1.14 bits per heavy atom. The highest BCUT2D eigenvalue weighted by molar-refractivity contribution is 6.31. The number of halogens is 1. The van der Waals surface area contributed by atoms with Crippen molar-refractivity contribution in [1.29, 1.82) is 0 Å². The third kappa shape index (κ3) is 5.33. The summed E-state index contributed by atoms with van der Waals surface area (Å²) >= 11 is 6.55. The number of ether oxygens (including phenoxy) is 1. The third-order valence-electron chi connectivity index (χ3n) is 6.17. The minimum Gasteiger partial charge on any atom is -0.496 e. The Bertz CT molecular complexity index is 751. The van der Waals surface area contributed by atoms with Gasteiger partial charge in [-0.25, -0.2) is 0 Å². The van der Waals surface area contributed by atoms with Crippen LogP contribution in [0.15, 0.2) is 24.8 Å². The molecule has 0 spiro atoms. The number of benzene rings is 1. The highest BCUT2D eigenvalue weighted by Gasteiger charge is 2.24. The monoisotopic (exact) mass is 418 g/mol. The molecule has 2 amide bonds. The maximum Gasteiger partial charge on any atom is 0.246 e. The Morgan fingerprint density at radius 2 is 1.79 bits per heavy atom. The Morgan fingerprint density at radius 3 is 2.41 bits per heavy atom. The van der Waals surface area contributed by atoms with E-state index in [2.05, 4.69) is 12.6 Å². The molecule has 1 heterocycles. The zero-order valence-corrected chi connectivity index (χ0v) is 18.0. The van der Waals surface area contributed by atoms with Gasteiger partial charge in [-0.2, -0.15) is 0 Å². The molecule has 0 atom stereocenters. The summed E-state index contributed by atoms with van der Waals surface area (Å²) in [7, 11) is 1.65. The van der Waals surface area contributed by atoms with E-state index in [-0.39, 0.29) is 11.8 Å². The molecule has 158 valence electrons. The Balaban J connectivity index is 1.62. The normalized spacial score (nSPS) is 17.9. The smallest absolute Gasteiger partial charge is 0.246 e. The van der Waals surface area contributed by atoms with Crippen molar-refractivity contribution in [2.24, 2.45) is 0 Å². The standard InChI is InChI=1S/C23H31ClN2O3/c1-3-22(27)25-11-13-26(14-12-25)23(28)10-9-18-15-19(17-7-5-4-6-8-17)20(24)16-21(18)29-2/h3,15-17H,1,4-14H2,2H3. The fraction of sp³-hybridized carbons (Fsp3) is 0.565. The minimum atomic E-state index is -0.0711. The zero-order valence-electron chi connectivity index (χ0n) is 17.3. The Labute approximate surface area is 178 Å². The number of rotatable bonds is 6. The molecular formula is C23H31ClN2O3. The van der Waals surface area contributed by atoms with Crippen molar-refractivity contribution in [2.45, 2.75) is 50.9 Å². The summed E-state index contributed by atoms with van der Waals surface area (Å²) in [6.07, 6.45) is 8.55. The number of hydrogen-bond acceptors (Lipinski definition) is 3. The summed E-state index contributed by atoms with van der Waals surface area (Å²) in [6.45, 7) is 5.79. The summed E-state index contributed by atoms with van der Waals surface area (Å²) in [6, 6.07) is 4.07. The van der Waals surface area contributed by atoms with Gasteiger partial charge in [-0.15, -0.1) is 0 Å². The van der Waals surface area contributed by atoms with Crippen LogP contribution >= 0.6 is 11.6 Å². The van der Waals surface area contributed by atoms with Gasteiger partial charge in [-0.05, 0) is 48.4 Å². The molecule has 3 rings (SSSR count). The first-order valence-corrected chi connectivity index (χ1v) is 11.0. The SMILES string of the molecule is C=CC(=O)N1CCN(C(=O)CCc2cc(C3CCCCC3)c(Cl)cc2OC)CC1. The average molecular weight is 419 g/mol. The molecule has 2 fully saturated rings. The molecule has 5 nitrogen and oxygen atoms in total. The van der Waals surface area contributed by atoms with Crippen LogP contribution in [0, 0.1) is 0 Å². The molecule has 29 heavy (non-hydrogen) atoms. The van der Waals surface area contributed by atoms with Crippen molar-refractivity contribution < 1.29 is 14.3 Å². The summed E-state index contributed by atoms with van der Waals surface area (Å²) < 4.78 is 5.54. The average Bonchev–Trinajstić information content (AvgIpc) is 2.77. The van der Waals surface area contributed by atoms with E-state index in [0.29, 0.717) is 44.9 Å². The minimum absolute atomic E-state index is 0.0711. The number of hydrogen-bond donors (Lipinski definition) is 0. The Hall–Kier alpha value is -2.01. The second-order valence-electron chi connectivity index (χ2n) is 7.93. The van der Waals surface area contributed by atoms with Crippen LogP contribution < -0.4 is 4.74 Å². The highest BCUT2D eigenvalue weighted by Crippen LogP contribution is 2.39. The molecule has 0 aromatic heterocycles. The van der Waals surface area contributed by atoms with Crippen LogP contribution in [-0.2, 0) is 16.0 Å². The molecule has 1 saturated heterocycles. The maximum atomic E-state index is 12.7. The number of aryl methyl sites for hydroxylation is 1. The number of amides is 2. The lowest BCUT2D eigenvalue weighted by Gasteiger charge is -2.34. The molecule has 1 saturated carbocycles. The van der Waals surface area contributed by atoms with E-state index < -0.39 is 0 Å². The molecule has 1 aliphatic carbocycles. The van der Waals surface area contributed by atoms with Crippen molar-refractivity contribution in [2.75, 3.05) is 33.3 Å². The first-order chi connectivity index (χ1) is 14.0. The summed E-state index contributed by atoms with van der Waals surface area (Å²) in [5.41, 5.74) is 2.25. The van der Waals surface area contributed by atoms with Crippen LogP contribution in [0.4, 0.5) is 0 Å². The number of carbonyl (C=O) groups is 2. The van der Waals surface area contributed by atoms with Gasteiger partial charge >= 0.3 is 0 Å². The van der Waals surface area contributed by atoms with Gasteiger partial charge in [0.05, 0.1) is 7.11 Å². The van der Waals surface area contributed by atoms with Gasteiger partial charge < -0.3 is 14.5 Å². The topological polar surface area (TPSA) is 49.9 Å².